The van der Waals surface area contributed by atoms with Crippen LogP contribution in [0.3, 0.4) is 0 Å². The van der Waals surface area contributed by atoms with Crippen molar-refractivity contribution in [2.75, 3.05) is 13.1 Å². The number of rotatable bonds is 4. The third-order valence-corrected chi connectivity index (χ3v) is 5.38. The lowest BCUT2D eigenvalue weighted by Gasteiger charge is -2.38. The Morgan fingerprint density at radius 2 is 1.88 bits per heavy atom. The molecule has 0 saturated carbocycles. The van der Waals surface area contributed by atoms with Gasteiger partial charge in [-0.15, -0.1) is 0 Å². The molecule has 0 bridgehead atoms. The number of hydrogen-bond acceptors (Lipinski definition) is 2. The molecule has 0 aromatic heterocycles. The number of likely N-dealkylation sites (tertiary alicyclic amines) is 1. The fraction of sp³-hybridized carbons (Fsp3) is 0.381. The molecule has 1 aliphatic heterocycles. The van der Waals surface area contributed by atoms with Crippen molar-refractivity contribution < 1.29 is 9.90 Å². The van der Waals surface area contributed by atoms with Gasteiger partial charge >= 0.3 is 5.97 Å². The second-order valence-electron chi connectivity index (χ2n) is 7.05. The summed E-state index contributed by atoms with van der Waals surface area (Å²) in [4.78, 5) is 13.9. The second-order valence-corrected chi connectivity index (χ2v) is 7.97. The van der Waals surface area contributed by atoms with Gasteiger partial charge in [0.1, 0.15) is 0 Å². The fourth-order valence-electron chi connectivity index (χ4n) is 3.90. The highest BCUT2D eigenvalue weighted by molar-refractivity contribution is 9.10. The lowest BCUT2D eigenvalue weighted by molar-refractivity contribution is -0.143. The molecule has 4 heteroatoms. The number of halogens is 1. The zero-order chi connectivity index (χ0) is 18.0. The Kier molecular flexibility index (Phi) is 5.60. The summed E-state index contributed by atoms with van der Waals surface area (Å²) in [7, 11) is 0. The molecule has 0 amide bonds. The van der Waals surface area contributed by atoms with Gasteiger partial charge in [0.15, 0.2) is 0 Å². The van der Waals surface area contributed by atoms with E-state index in [2.05, 4.69) is 65.0 Å². The van der Waals surface area contributed by atoms with Crippen LogP contribution in [0, 0.1) is 19.8 Å². The molecule has 3 rings (SSSR count). The van der Waals surface area contributed by atoms with Crippen molar-refractivity contribution in [3.05, 3.63) is 69.2 Å². The van der Waals surface area contributed by atoms with Crippen LogP contribution in [0.2, 0.25) is 0 Å². The van der Waals surface area contributed by atoms with Crippen LogP contribution in [0.5, 0.6) is 0 Å². The van der Waals surface area contributed by atoms with Crippen LogP contribution in [0.15, 0.2) is 46.9 Å². The number of hydrogen-bond donors (Lipinski definition) is 1. The van der Waals surface area contributed by atoms with E-state index >= 15 is 0 Å². The van der Waals surface area contributed by atoms with Gasteiger partial charge in [0, 0.05) is 11.0 Å². The van der Waals surface area contributed by atoms with Crippen LogP contribution in [-0.4, -0.2) is 29.1 Å². The molecule has 2 atom stereocenters. The first-order chi connectivity index (χ1) is 11.9. The van der Waals surface area contributed by atoms with E-state index in [9.17, 15) is 9.90 Å². The minimum atomic E-state index is -0.682. The normalized spacial score (nSPS) is 19.6. The van der Waals surface area contributed by atoms with Crippen LogP contribution >= 0.6 is 15.9 Å². The van der Waals surface area contributed by atoms with Gasteiger partial charge in [-0.3, -0.25) is 9.69 Å². The van der Waals surface area contributed by atoms with Crippen molar-refractivity contribution in [2.45, 2.75) is 32.7 Å². The number of benzene rings is 2. The van der Waals surface area contributed by atoms with E-state index in [1.54, 1.807) is 0 Å². The summed E-state index contributed by atoms with van der Waals surface area (Å²) < 4.78 is 1.05. The molecular formula is C21H24BrNO2. The molecular weight excluding hydrogens is 378 g/mol. The molecule has 2 aromatic rings. The molecule has 0 aliphatic carbocycles. The first kappa shape index (κ1) is 18.2. The first-order valence-electron chi connectivity index (χ1n) is 8.74. The highest BCUT2D eigenvalue weighted by Crippen LogP contribution is 2.34. The van der Waals surface area contributed by atoms with Crippen molar-refractivity contribution in [2.24, 2.45) is 5.92 Å². The van der Waals surface area contributed by atoms with Crippen LogP contribution in [0.4, 0.5) is 0 Å². The van der Waals surface area contributed by atoms with Gasteiger partial charge in [0.05, 0.1) is 12.0 Å². The minimum absolute atomic E-state index is 0.0817. The monoisotopic (exact) mass is 401 g/mol. The summed E-state index contributed by atoms with van der Waals surface area (Å²) in [5.74, 6) is -0.965. The quantitative estimate of drug-likeness (QED) is 0.787. The van der Waals surface area contributed by atoms with Gasteiger partial charge in [-0.05, 0) is 56.5 Å². The fourth-order valence-corrected chi connectivity index (χ4v) is 4.32. The van der Waals surface area contributed by atoms with E-state index in [1.165, 1.54) is 22.3 Å². The van der Waals surface area contributed by atoms with Crippen LogP contribution in [0.25, 0.3) is 0 Å². The topological polar surface area (TPSA) is 40.5 Å². The molecule has 2 unspecified atom stereocenters. The van der Waals surface area contributed by atoms with E-state index in [1.807, 2.05) is 12.1 Å². The number of carboxylic acid groups (broad SMARTS) is 1. The van der Waals surface area contributed by atoms with Gasteiger partial charge in [0.2, 0.25) is 0 Å². The van der Waals surface area contributed by atoms with E-state index in [0.717, 1.165) is 23.9 Å². The number of piperidine rings is 1. The van der Waals surface area contributed by atoms with Crippen LogP contribution in [0.1, 0.15) is 41.1 Å². The van der Waals surface area contributed by atoms with Crippen LogP contribution < -0.4 is 0 Å². The standard InChI is InChI=1S/C21H24BrNO2/c1-14-9-15(2)11-18(10-14)20(16-5-3-7-19(22)12-16)23-8-4-6-17(13-23)21(24)25/h3,5,7,9-12,17,20H,4,6,8,13H2,1-2H3,(H,24,25). The molecule has 3 nitrogen and oxygen atoms in total. The van der Waals surface area contributed by atoms with Crippen molar-refractivity contribution in [1.29, 1.82) is 0 Å². The maximum Gasteiger partial charge on any atom is 0.307 e. The van der Waals surface area contributed by atoms with E-state index in [4.69, 9.17) is 0 Å². The Hall–Kier alpha value is -1.65. The predicted octanol–water partition coefficient (Wildman–Crippen LogP) is 4.95. The molecule has 0 spiro atoms. The molecule has 25 heavy (non-hydrogen) atoms. The largest absolute Gasteiger partial charge is 0.481 e. The second kappa shape index (κ2) is 7.71. The Morgan fingerprint density at radius 1 is 1.16 bits per heavy atom. The zero-order valence-corrected chi connectivity index (χ0v) is 16.3. The maximum atomic E-state index is 11.5. The summed E-state index contributed by atoms with van der Waals surface area (Å²) in [6.07, 6.45) is 1.69. The van der Waals surface area contributed by atoms with E-state index in [-0.39, 0.29) is 12.0 Å². The zero-order valence-electron chi connectivity index (χ0n) is 14.7. The third kappa shape index (κ3) is 4.31. The highest BCUT2D eigenvalue weighted by Gasteiger charge is 2.31. The number of nitrogens with zero attached hydrogens (tertiary/aromatic N) is 1. The lowest BCUT2D eigenvalue weighted by atomic mass is 9.90. The van der Waals surface area contributed by atoms with Gasteiger partial charge in [-0.25, -0.2) is 0 Å². The maximum absolute atomic E-state index is 11.5. The number of aryl methyl sites for hydroxylation is 2. The van der Waals surface area contributed by atoms with Gasteiger partial charge in [-0.1, -0.05) is 57.4 Å². The lowest BCUT2D eigenvalue weighted by Crippen LogP contribution is -2.41. The molecule has 1 saturated heterocycles. The van der Waals surface area contributed by atoms with Crippen molar-refractivity contribution >= 4 is 21.9 Å². The number of carboxylic acids is 1. The molecule has 1 fully saturated rings. The average molecular weight is 402 g/mol. The van der Waals surface area contributed by atoms with Crippen molar-refractivity contribution in [1.82, 2.24) is 4.90 Å². The van der Waals surface area contributed by atoms with E-state index in [0.29, 0.717) is 6.54 Å². The summed E-state index contributed by atoms with van der Waals surface area (Å²) in [5.41, 5.74) is 4.91. The number of aliphatic carboxylic acids is 1. The van der Waals surface area contributed by atoms with Gasteiger partial charge in [0.25, 0.3) is 0 Å². The average Bonchev–Trinajstić information content (AvgIpc) is 2.54. The predicted molar refractivity (Wildman–Crippen MR) is 104 cm³/mol. The van der Waals surface area contributed by atoms with Crippen molar-refractivity contribution in [3.8, 4) is 0 Å². The minimum Gasteiger partial charge on any atom is -0.481 e. The first-order valence-corrected chi connectivity index (χ1v) is 9.54. The summed E-state index contributed by atoms with van der Waals surface area (Å²) in [6, 6.07) is 15.1. The van der Waals surface area contributed by atoms with E-state index < -0.39 is 5.97 Å². The molecule has 1 aliphatic rings. The van der Waals surface area contributed by atoms with Crippen LogP contribution in [-0.2, 0) is 4.79 Å². The summed E-state index contributed by atoms with van der Waals surface area (Å²) in [5, 5.41) is 9.48. The number of carbonyl (C=O) groups is 1. The smallest absolute Gasteiger partial charge is 0.307 e. The molecule has 2 aromatic carbocycles. The van der Waals surface area contributed by atoms with Gasteiger partial charge in [-0.2, -0.15) is 0 Å². The summed E-state index contributed by atoms with van der Waals surface area (Å²) in [6.45, 7) is 5.75. The summed E-state index contributed by atoms with van der Waals surface area (Å²) >= 11 is 3.58. The SMILES string of the molecule is Cc1cc(C)cc(C(c2cccc(Br)c2)N2CCCC(C(=O)O)C2)c1. The Balaban J connectivity index is 2.04. The molecule has 1 N–H and O–H groups in total. The highest BCUT2D eigenvalue weighted by atomic mass is 79.9. The van der Waals surface area contributed by atoms with Gasteiger partial charge < -0.3 is 5.11 Å². The molecule has 0 radical (unpaired) electrons. The molecule has 132 valence electrons. The van der Waals surface area contributed by atoms with Crippen molar-refractivity contribution in [3.63, 3.8) is 0 Å². The molecule has 1 heterocycles. The Labute approximate surface area is 157 Å². The third-order valence-electron chi connectivity index (χ3n) is 4.89. The Bertz CT molecular complexity index is 754. The Morgan fingerprint density at radius 3 is 2.52 bits per heavy atom.